The number of aromatic nitrogens is 2. The molecule has 0 spiro atoms. The van der Waals surface area contributed by atoms with E-state index in [1.807, 2.05) is 48.2 Å². The summed E-state index contributed by atoms with van der Waals surface area (Å²) in [5.74, 6) is 1.15. The van der Waals surface area contributed by atoms with Crippen LogP contribution in [0.5, 0.6) is 0 Å². The minimum Gasteiger partial charge on any atom is -0.354 e. The van der Waals surface area contributed by atoms with Gasteiger partial charge in [-0.2, -0.15) is 5.01 Å². The first-order valence-electron chi connectivity index (χ1n) is 12.5. The normalized spacial score (nSPS) is 20.7. The number of nitrogens with one attached hydrogen (secondary N) is 2. The van der Waals surface area contributed by atoms with Crippen LogP contribution in [0.1, 0.15) is 50.2 Å². The monoisotopic (exact) mass is 493 g/mol. The van der Waals surface area contributed by atoms with Gasteiger partial charge in [0, 0.05) is 43.9 Å². The smallest absolute Gasteiger partial charge is 0.344 e. The molecule has 10 nitrogen and oxygen atoms in total. The molecule has 1 aromatic carbocycles. The number of rotatable bonds is 8. The molecule has 1 unspecified atom stereocenters. The number of hydrogen-bond acceptors (Lipinski definition) is 7. The summed E-state index contributed by atoms with van der Waals surface area (Å²) in [6.45, 7) is 10.7. The fourth-order valence-electron chi connectivity index (χ4n) is 4.49. The summed E-state index contributed by atoms with van der Waals surface area (Å²) in [4.78, 5) is 51.6. The lowest BCUT2D eigenvalue weighted by atomic mass is 9.93. The van der Waals surface area contributed by atoms with E-state index < -0.39 is 17.5 Å². The second kappa shape index (κ2) is 10.6. The standard InChI is InChI=1S/C26H35N7O3/c1-18(2)23-27-19(3)16-21(28-23)32-14-12-31(13-15-32)17-22(34)30-33-24(35)26(4,29-25(33)36)11-10-20-8-6-5-7-9-20/h5-9,16,18H,10-15,17H2,1-4H3,(H,29,36)(H,30,34). The predicted molar refractivity (Wildman–Crippen MR) is 136 cm³/mol. The Kier molecular flexibility index (Phi) is 7.53. The first-order chi connectivity index (χ1) is 17.1. The van der Waals surface area contributed by atoms with Crippen molar-refractivity contribution in [1.29, 1.82) is 0 Å². The average Bonchev–Trinajstić information content (AvgIpc) is 3.06. The number of amides is 4. The van der Waals surface area contributed by atoms with Gasteiger partial charge in [0.1, 0.15) is 17.2 Å². The van der Waals surface area contributed by atoms with Crippen molar-refractivity contribution in [3.63, 3.8) is 0 Å². The van der Waals surface area contributed by atoms with E-state index in [2.05, 4.69) is 34.5 Å². The van der Waals surface area contributed by atoms with Crippen LogP contribution in [-0.2, 0) is 16.0 Å². The molecule has 0 bridgehead atoms. The van der Waals surface area contributed by atoms with Crippen molar-refractivity contribution in [2.45, 2.75) is 52.0 Å². The number of carbonyl (C=O) groups is 3. The third kappa shape index (κ3) is 5.81. The van der Waals surface area contributed by atoms with Crippen molar-refractivity contribution in [3.05, 3.63) is 53.5 Å². The quantitative estimate of drug-likeness (QED) is 0.541. The molecule has 2 aliphatic rings. The van der Waals surface area contributed by atoms with E-state index in [1.54, 1.807) is 6.92 Å². The molecule has 4 amide bonds. The van der Waals surface area contributed by atoms with Crippen LogP contribution in [0, 0.1) is 6.92 Å². The highest BCUT2D eigenvalue weighted by Crippen LogP contribution is 2.22. The van der Waals surface area contributed by atoms with E-state index in [0.717, 1.165) is 41.0 Å². The van der Waals surface area contributed by atoms with E-state index in [4.69, 9.17) is 4.98 Å². The van der Waals surface area contributed by atoms with Crippen molar-refractivity contribution >= 4 is 23.7 Å². The van der Waals surface area contributed by atoms with Gasteiger partial charge in [-0.25, -0.2) is 14.8 Å². The topological polar surface area (TPSA) is 111 Å². The second-order valence-corrected chi connectivity index (χ2v) is 10.1. The lowest BCUT2D eigenvalue weighted by Crippen LogP contribution is -2.54. The summed E-state index contributed by atoms with van der Waals surface area (Å²) in [5.41, 5.74) is 3.47. The van der Waals surface area contributed by atoms with Crippen LogP contribution < -0.4 is 15.6 Å². The Hall–Kier alpha value is -3.53. The summed E-state index contributed by atoms with van der Waals surface area (Å²) < 4.78 is 0. The van der Waals surface area contributed by atoms with Crippen LogP contribution >= 0.6 is 0 Å². The molecule has 10 heteroatoms. The number of hydrogen-bond donors (Lipinski definition) is 2. The fraction of sp³-hybridized carbons (Fsp3) is 0.500. The van der Waals surface area contributed by atoms with E-state index in [1.165, 1.54) is 0 Å². The number of urea groups is 1. The van der Waals surface area contributed by atoms with Gasteiger partial charge in [0.25, 0.3) is 11.8 Å². The molecule has 2 saturated heterocycles. The predicted octanol–water partition coefficient (Wildman–Crippen LogP) is 2.00. The van der Waals surface area contributed by atoms with Gasteiger partial charge in [-0.15, -0.1) is 0 Å². The Morgan fingerprint density at radius 2 is 1.81 bits per heavy atom. The third-order valence-electron chi connectivity index (χ3n) is 6.69. The number of aryl methyl sites for hydroxylation is 2. The highest BCUT2D eigenvalue weighted by molar-refractivity contribution is 6.07. The number of carbonyl (C=O) groups excluding carboxylic acids is 3. The molecular weight excluding hydrogens is 458 g/mol. The Bertz CT molecular complexity index is 1120. The third-order valence-corrected chi connectivity index (χ3v) is 6.69. The molecule has 3 heterocycles. The van der Waals surface area contributed by atoms with Gasteiger partial charge in [0.15, 0.2) is 0 Å². The zero-order valence-electron chi connectivity index (χ0n) is 21.5. The van der Waals surface area contributed by atoms with Crippen LogP contribution in [0.4, 0.5) is 10.6 Å². The summed E-state index contributed by atoms with van der Waals surface area (Å²) >= 11 is 0. The Morgan fingerprint density at radius 3 is 2.47 bits per heavy atom. The minimum atomic E-state index is -1.06. The number of benzene rings is 1. The number of piperazine rings is 1. The van der Waals surface area contributed by atoms with E-state index in [-0.39, 0.29) is 18.4 Å². The first-order valence-corrected chi connectivity index (χ1v) is 12.5. The fourth-order valence-corrected chi connectivity index (χ4v) is 4.49. The molecule has 0 radical (unpaired) electrons. The van der Waals surface area contributed by atoms with E-state index in [0.29, 0.717) is 25.9 Å². The molecule has 1 atom stereocenters. The molecule has 0 aliphatic carbocycles. The van der Waals surface area contributed by atoms with Gasteiger partial charge in [-0.3, -0.25) is 19.9 Å². The first kappa shape index (κ1) is 25.6. The largest absolute Gasteiger partial charge is 0.354 e. The van der Waals surface area contributed by atoms with Crippen molar-refractivity contribution in [2.24, 2.45) is 0 Å². The van der Waals surface area contributed by atoms with Gasteiger partial charge in [-0.1, -0.05) is 44.2 Å². The number of hydrazine groups is 1. The molecular formula is C26H35N7O3. The molecule has 2 aliphatic heterocycles. The van der Waals surface area contributed by atoms with Crippen molar-refractivity contribution < 1.29 is 14.4 Å². The van der Waals surface area contributed by atoms with Crippen molar-refractivity contribution in [3.8, 4) is 0 Å². The average molecular weight is 494 g/mol. The maximum atomic E-state index is 13.0. The zero-order chi connectivity index (χ0) is 25.9. The van der Waals surface area contributed by atoms with Crippen LogP contribution in [0.15, 0.2) is 36.4 Å². The molecule has 2 fully saturated rings. The molecule has 2 aromatic rings. The summed E-state index contributed by atoms with van der Waals surface area (Å²) in [7, 11) is 0. The summed E-state index contributed by atoms with van der Waals surface area (Å²) in [6.07, 6.45) is 1.08. The van der Waals surface area contributed by atoms with Crippen molar-refractivity contribution in [2.75, 3.05) is 37.6 Å². The van der Waals surface area contributed by atoms with Gasteiger partial charge < -0.3 is 10.2 Å². The van der Waals surface area contributed by atoms with Gasteiger partial charge in [0.2, 0.25) is 0 Å². The van der Waals surface area contributed by atoms with Crippen LogP contribution in [0.2, 0.25) is 0 Å². The Labute approximate surface area is 212 Å². The second-order valence-electron chi connectivity index (χ2n) is 10.1. The van der Waals surface area contributed by atoms with Crippen LogP contribution in [0.3, 0.4) is 0 Å². The highest BCUT2D eigenvalue weighted by atomic mass is 16.2. The SMILES string of the molecule is Cc1cc(N2CCN(CC(=O)NN3C(=O)NC(C)(CCc4ccccc4)C3=O)CC2)nc(C(C)C)n1. The molecule has 0 saturated carbocycles. The van der Waals surface area contributed by atoms with Gasteiger partial charge >= 0.3 is 6.03 Å². The molecule has 192 valence electrons. The maximum absolute atomic E-state index is 13.0. The number of anilines is 1. The Morgan fingerprint density at radius 1 is 1.11 bits per heavy atom. The summed E-state index contributed by atoms with van der Waals surface area (Å²) in [5, 5.41) is 3.56. The van der Waals surface area contributed by atoms with E-state index in [9.17, 15) is 14.4 Å². The van der Waals surface area contributed by atoms with E-state index >= 15 is 0 Å². The lowest BCUT2D eigenvalue weighted by Gasteiger charge is -2.35. The molecule has 36 heavy (non-hydrogen) atoms. The van der Waals surface area contributed by atoms with Crippen LogP contribution in [-0.4, -0.2) is 76.0 Å². The van der Waals surface area contributed by atoms with Gasteiger partial charge in [0.05, 0.1) is 6.54 Å². The van der Waals surface area contributed by atoms with Gasteiger partial charge in [-0.05, 0) is 32.3 Å². The number of nitrogens with zero attached hydrogens (tertiary/aromatic N) is 5. The van der Waals surface area contributed by atoms with Crippen molar-refractivity contribution in [1.82, 2.24) is 30.6 Å². The Balaban J connectivity index is 1.28. The molecule has 4 rings (SSSR count). The highest BCUT2D eigenvalue weighted by Gasteiger charge is 2.48. The van der Waals surface area contributed by atoms with Crippen LogP contribution in [0.25, 0.3) is 0 Å². The zero-order valence-corrected chi connectivity index (χ0v) is 21.5. The summed E-state index contributed by atoms with van der Waals surface area (Å²) in [6, 6.07) is 11.2. The minimum absolute atomic E-state index is 0.103. The molecule has 1 aromatic heterocycles. The number of imide groups is 1. The maximum Gasteiger partial charge on any atom is 0.344 e. The lowest BCUT2D eigenvalue weighted by molar-refractivity contribution is -0.139. The molecule has 2 N–H and O–H groups in total.